The Morgan fingerprint density at radius 2 is 1.95 bits per heavy atom. The summed E-state index contributed by atoms with van der Waals surface area (Å²) in [6, 6.07) is 8.79. The minimum atomic E-state index is -2.90. The van der Waals surface area contributed by atoms with Crippen molar-refractivity contribution in [2.45, 2.75) is 44.7 Å². The molecule has 0 saturated heterocycles. The zero-order valence-electron chi connectivity index (χ0n) is 20.9. The Labute approximate surface area is 226 Å². The molecule has 0 radical (unpaired) electrons. The van der Waals surface area contributed by atoms with E-state index in [0.29, 0.717) is 49.1 Å². The van der Waals surface area contributed by atoms with Crippen molar-refractivity contribution >= 4 is 28.7 Å². The molecule has 1 fully saturated rings. The Kier molecular flexibility index (Phi) is 7.60. The normalized spacial score (nSPS) is 17.5. The van der Waals surface area contributed by atoms with Gasteiger partial charge < -0.3 is 10.1 Å². The Morgan fingerprint density at radius 3 is 2.64 bits per heavy atom. The van der Waals surface area contributed by atoms with Crippen molar-refractivity contribution in [2.24, 2.45) is 5.92 Å². The van der Waals surface area contributed by atoms with E-state index < -0.39 is 23.8 Å². The molecule has 39 heavy (non-hydrogen) atoms. The lowest BCUT2D eigenvalue weighted by Crippen LogP contribution is -2.39. The second-order valence-corrected chi connectivity index (χ2v) is 9.91. The number of ether oxygens (including phenoxy) is 1. The highest BCUT2D eigenvalue weighted by atomic mass is 35.5. The van der Waals surface area contributed by atoms with Crippen LogP contribution in [0.3, 0.4) is 0 Å². The molecule has 12 heteroatoms. The summed E-state index contributed by atoms with van der Waals surface area (Å²) in [5, 5.41) is 2.92. The Morgan fingerprint density at radius 1 is 1.18 bits per heavy atom. The van der Waals surface area contributed by atoms with Crippen LogP contribution in [0.25, 0.3) is 16.9 Å². The van der Waals surface area contributed by atoms with Crippen molar-refractivity contribution < 1.29 is 22.7 Å². The number of benzene rings is 1. The summed E-state index contributed by atoms with van der Waals surface area (Å²) in [6.07, 6.45) is 2.40. The van der Waals surface area contributed by atoms with Gasteiger partial charge in [0.1, 0.15) is 5.69 Å². The number of pyridine rings is 2. The van der Waals surface area contributed by atoms with Gasteiger partial charge in [-0.15, -0.1) is 0 Å². The molecule has 3 heterocycles. The molecule has 1 aliphatic carbocycles. The predicted molar refractivity (Wildman–Crippen MR) is 139 cm³/mol. The third kappa shape index (κ3) is 5.36. The van der Waals surface area contributed by atoms with E-state index in [1.807, 2.05) is 0 Å². The fourth-order valence-electron chi connectivity index (χ4n) is 5.11. The third-order valence-electron chi connectivity index (χ3n) is 7.04. The average molecular weight is 560 g/mol. The quantitative estimate of drug-likeness (QED) is 0.331. The van der Waals surface area contributed by atoms with E-state index in [1.54, 1.807) is 29.0 Å². The molecular weight excluding hydrogens is 535 g/mol. The number of hydrogen-bond donors (Lipinski definition) is 1. The van der Waals surface area contributed by atoms with Gasteiger partial charge in [0.15, 0.2) is 17.2 Å². The van der Waals surface area contributed by atoms with E-state index in [0.717, 1.165) is 6.20 Å². The molecule has 1 N–H and O–H groups in total. The van der Waals surface area contributed by atoms with Crippen LogP contribution in [-0.2, 0) is 6.54 Å². The molecule has 1 saturated carbocycles. The van der Waals surface area contributed by atoms with E-state index in [-0.39, 0.29) is 34.0 Å². The molecule has 5 rings (SSSR count). The minimum absolute atomic E-state index is 0.0783. The standard InChI is InChI=1S/C27H25ClF3N5O3/c1-39-22-9-8-18(12-20(22)29)36-21-3-2-10-32-25(21)35(27(36)38)14-15-4-6-17(7-5-15)34-26(37)19-11-16(28)13-33-23(19)24(30)31/h2-3,8-13,15,17,24H,4-7,14H2,1H3,(H,34,37). The molecule has 0 atom stereocenters. The van der Waals surface area contributed by atoms with Gasteiger partial charge in [0.05, 0.1) is 28.9 Å². The molecule has 1 amide bonds. The highest BCUT2D eigenvalue weighted by molar-refractivity contribution is 6.30. The Balaban J connectivity index is 1.31. The topological polar surface area (TPSA) is 91.0 Å². The van der Waals surface area contributed by atoms with Gasteiger partial charge >= 0.3 is 5.69 Å². The summed E-state index contributed by atoms with van der Waals surface area (Å²) < 4.78 is 49.1. The first kappa shape index (κ1) is 26.7. The van der Waals surface area contributed by atoms with Crippen LogP contribution in [-0.4, -0.2) is 38.2 Å². The van der Waals surface area contributed by atoms with Gasteiger partial charge in [0.25, 0.3) is 12.3 Å². The lowest BCUT2D eigenvalue weighted by Gasteiger charge is -2.29. The van der Waals surface area contributed by atoms with Gasteiger partial charge in [-0.25, -0.2) is 22.9 Å². The first-order valence-electron chi connectivity index (χ1n) is 12.4. The zero-order chi connectivity index (χ0) is 27.7. The van der Waals surface area contributed by atoms with Gasteiger partial charge in [-0.1, -0.05) is 11.6 Å². The number of carbonyl (C=O) groups is 1. The maximum atomic E-state index is 14.4. The van der Waals surface area contributed by atoms with Gasteiger partial charge in [0, 0.05) is 31.0 Å². The van der Waals surface area contributed by atoms with E-state index in [9.17, 15) is 22.8 Å². The van der Waals surface area contributed by atoms with Crippen molar-refractivity contribution in [3.8, 4) is 11.4 Å². The summed E-state index contributed by atoms with van der Waals surface area (Å²) in [5.41, 5.74) is 0.225. The number of methoxy groups -OCH3 is 1. The van der Waals surface area contributed by atoms with Crippen molar-refractivity contribution in [3.63, 3.8) is 0 Å². The van der Waals surface area contributed by atoms with E-state index >= 15 is 0 Å². The molecular formula is C27H25ClF3N5O3. The summed E-state index contributed by atoms with van der Waals surface area (Å²) in [4.78, 5) is 34.3. The number of alkyl halides is 2. The number of rotatable bonds is 7. The number of nitrogens with one attached hydrogen (secondary N) is 1. The molecule has 1 aromatic carbocycles. The number of hydrogen-bond acceptors (Lipinski definition) is 5. The first-order valence-corrected chi connectivity index (χ1v) is 12.8. The van der Waals surface area contributed by atoms with Crippen LogP contribution in [0.2, 0.25) is 5.02 Å². The molecule has 8 nitrogen and oxygen atoms in total. The van der Waals surface area contributed by atoms with Gasteiger partial charge in [0.2, 0.25) is 0 Å². The van der Waals surface area contributed by atoms with Crippen molar-refractivity contribution in [1.82, 2.24) is 24.4 Å². The van der Waals surface area contributed by atoms with Crippen molar-refractivity contribution in [2.75, 3.05) is 7.11 Å². The molecule has 3 aromatic heterocycles. The molecule has 4 aromatic rings. The highest BCUT2D eigenvalue weighted by Crippen LogP contribution is 2.29. The maximum Gasteiger partial charge on any atom is 0.334 e. The van der Waals surface area contributed by atoms with Crippen LogP contribution in [0.5, 0.6) is 5.75 Å². The van der Waals surface area contributed by atoms with Gasteiger partial charge in [-0.05, 0) is 61.9 Å². The number of halogens is 4. The van der Waals surface area contributed by atoms with Crippen LogP contribution in [0.15, 0.2) is 53.6 Å². The smallest absolute Gasteiger partial charge is 0.334 e. The number of imidazole rings is 1. The van der Waals surface area contributed by atoms with Crippen molar-refractivity contribution in [3.05, 3.63) is 81.4 Å². The largest absolute Gasteiger partial charge is 0.494 e. The average Bonchev–Trinajstić information content (AvgIpc) is 3.20. The minimum Gasteiger partial charge on any atom is -0.494 e. The van der Waals surface area contributed by atoms with Crippen LogP contribution in [0.1, 0.15) is 48.2 Å². The summed E-state index contributed by atoms with van der Waals surface area (Å²) in [5.74, 6) is -1.02. The molecule has 1 aliphatic rings. The summed E-state index contributed by atoms with van der Waals surface area (Å²) >= 11 is 5.87. The van der Waals surface area contributed by atoms with E-state index in [1.165, 1.54) is 29.9 Å². The van der Waals surface area contributed by atoms with E-state index in [4.69, 9.17) is 16.3 Å². The highest BCUT2D eigenvalue weighted by Gasteiger charge is 2.27. The summed E-state index contributed by atoms with van der Waals surface area (Å²) in [6.45, 7) is 0.395. The second kappa shape index (κ2) is 11.1. The summed E-state index contributed by atoms with van der Waals surface area (Å²) in [7, 11) is 1.37. The van der Waals surface area contributed by atoms with Crippen molar-refractivity contribution in [1.29, 1.82) is 0 Å². The first-order chi connectivity index (χ1) is 18.8. The van der Waals surface area contributed by atoms with Crippen LogP contribution in [0.4, 0.5) is 13.2 Å². The fourth-order valence-corrected chi connectivity index (χ4v) is 5.27. The third-order valence-corrected chi connectivity index (χ3v) is 7.24. The number of amides is 1. The monoisotopic (exact) mass is 559 g/mol. The lowest BCUT2D eigenvalue weighted by molar-refractivity contribution is 0.0904. The van der Waals surface area contributed by atoms with Gasteiger partial charge in [-0.2, -0.15) is 0 Å². The predicted octanol–water partition coefficient (Wildman–Crippen LogP) is 5.31. The molecule has 0 bridgehead atoms. The number of nitrogens with zero attached hydrogens (tertiary/aromatic N) is 4. The van der Waals surface area contributed by atoms with E-state index in [2.05, 4.69) is 15.3 Å². The van der Waals surface area contributed by atoms with Crippen LogP contribution < -0.4 is 15.7 Å². The van der Waals surface area contributed by atoms with Crippen LogP contribution >= 0.6 is 11.6 Å². The van der Waals surface area contributed by atoms with Crippen LogP contribution in [0, 0.1) is 11.7 Å². The zero-order valence-corrected chi connectivity index (χ0v) is 21.7. The number of fused-ring (bicyclic) bond motifs is 1. The van der Waals surface area contributed by atoms with Gasteiger partial charge in [-0.3, -0.25) is 18.9 Å². The Hall–Kier alpha value is -3.86. The SMILES string of the molecule is COc1ccc(-n2c(=O)n(CC3CCC(NC(=O)c4cc(Cl)cnc4C(F)F)CC3)c3ncccc32)cc1F. The lowest BCUT2D eigenvalue weighted by atomic mass is 9.86. The second-order valence-electron chi connectivity index (χ2n) is 9.47. The Bertz CT molecular complexity index is 1580. The maximum absolute atomic E-state index is 14.4. The molecule has 0 spiro atoms. The number of aromatic nitrogens is 4. The molecule has 0 unspecified atom stereocenters. The molecule has 0 aliphatic heterocycles. The number of carbonyl (C=O) groups excluding carboxylic acids is 1. The fraction of sp³-hybridized carbons (Fsp3) is 0.333. The molecule has 204 valence electrons.